The van der Waals surface area contributed by atoms with Crippen molar-refractivity contribution in [2.75, 3.05) is 32.5 Å². The fourth-order valence-electron chi connectivity index (χ4n) is 10.7. The minimum atomic E-state index is -1.20. The molecule has 0 spiro atoms. The first-order chi connectivity index (χ1) is 43.4. The lowest BCUT2D eigenvalue weighted by atomic mass is 9.76. The normalized spacial score (nSPS) is 15.1. The molecule has 1 aliphatic rings. The third-order valence-electron chi connectivity index (χ3n) is 15.9. The Bertz CT molecular complexity index is 3140. The number of anilines is 1. The number of nitrogens with one attached hydrogen (secondary N) is 6. The summed E-state index contributed by atoms with van der Waals surface area (Å²) in [5.41, 5.74) is 6.24. The number of fused-ring (bicyclic) bond motifs is 1. The highest BCUT2D eigenvalue weighted by molar-refractivity contribution is 7.81. The Morgan fingerprint density at radius 2 is 1.45 bits per heavy atom. The summed E-state index contributed by atoms with van der Waals surface area (Å²) in [5.74, 6) is -4.22. The number of urea groups is 1. The molecular formula is C67H103N11O15S. The van der Waals surface area contributed by atoms with Gasteiger partial charge in [0.1, 0.15) is 24.7 Å². The summed E-state index contributed by atoms with van der Waals surface area (Å²) < 4.78 is 12.6. The molecular weight excluding hydrogens is 1230 g/mol. The molecule has 1 fully saturated rings. The van der Waals surface area contributed by atoms with Gasteiger partial charge in [0, 0.05) is 100 Å². The number of carbonyl (C=O) groups excluding carboxylic acids is 11. The number of para-hydroxylation sites is 1. The highest BCUT2D eigenvalue weighted by Crippen LogP contribution is 2.37. The molecule has 3 aromatic rings. The molecule has 0 aliphatic carbocycles. The number of imide groups is 1. The molecule has 9 N–H and O–H groups in total. The number of nitrogens with two attached hydrogens (primary N) is 1. The Hall–Kier alpha value is -8.49. The van der Waals surface area contributed by atoms with Crippen LogP contribution < -0.4 is 37.6 Å². The molecule has 1 saturated heterocycles. The standard InChI is InChI=1S/C45H62N6O10.C21H37N5O5S.CH4/c1-27(2)35(23-28(3)40(56)47-36(61-26-52)21-22-37(54)55)50(11)42(58)38(44(5,6)7)48-41(57)39(45(8,9)33-24-49(10)34-16-14-13-15-32(33)34)51(12)43(59)60-25-30-17-19-31(20-18-30)46-29(4)53;1-13(2)18(19(29)24-14(3)8-7-10-23-21(22)31)25-16(27)9-5-4-6-11-26-17(28)12-15(32)20(26)30;/h13-20,23-24,26-27,35-36,38-39H,21-22,25H2,1-12H3,(H,46,53)(H,47,56)(H,48,57)(H,54,55);13-15,18,32H,4-12H2,1-3H3,(H,24,29)(H,25,27)(H3,22,23,31);1H4/b28-23+;;/t35-,36+,38-,39-;14-,15?,18+;/m11./s1. The largest absolute Gasteiger partial charge is 0.481 e. The van der Waals surface area contributed by atoms with Crippen molar-refractivity contribution in [2.24, 2.45) is 30.0 Å². The van der Waals surface area contributed by atoms with Crippen molar-refractivity contribution in [1.82, 2.24) is 45.9 Å². The second-order valence-electron chi connectivity index (χ2n) is 25.9. The number of hydrogen-bond donors (Lipinski definition) is 9. The van der Waals surface area contributed by atoms with Crippen LogP contribution in [-0.4, -0.2) is 165 Å². The Kier molecular flexibility index (Phi) is 33.0. The lowest BCUT2D eigenvalue weighted by Gasteiger charge is -2.42. The molecule has 4 rings (SSSR count). The first-order valence-electron chi connectivity index (χ1n) is 31.3. The van der Waals surface area contributed by atoms with E-state index in [2.05, 4.69) is 44.5 Å². The first kappa shape index (κ1) is 81.6. The minimum absolute atomic E-state index is 0. The van der Waals surface area contributed by atoms with Crippen LogP contribution in [-0.2, 0) is 76.5 Å². The van der Waals surface area contributed by atoms with Gasteiger partial charge in [0.15, 0.2) is 6.23 Å². The van der Waals surface area contributed by atoms with Crippen LogP contribution in [0.25, 0.3) is 10.9 Å². The first-order valence-corrected chi connectivity index (χ1v) is 31.8. The van der Waals surface area contributed by atoms with E-state index in [4.69, 9.17) is 20.3 Å². The number of thiol groups is 1. The Labute approximate surface area is 558 Å². The topological polar surface area (TPSA) is 356 Å². The lowest BCUT2D eigenvalue weighted by molar-refractivity contribution is -0.143. The average Bonchev–Trinajstić information content (AvgIpc) is 1.50. The molecule has 0 radical (unpaired) electrons. The van der Waals surface area contributed by atoms with Gasteiger partial charge in [0.2, 0.25) is 47.3 Å². The van der Waals surface area contributed by atoms with Crippen molar-refractivity contribution in [3.05, 3.63) is 77.5 Å². The monoisotopic (exact) mass is 1330 g/mol. The number of aliphatic carboxylic acids is 1. The summed E-state index contributed by atoms with van der Waals surface area (Å²) in [6.07, 6.45) is 4.74. The number of likely N-dealkylation sites (N-methyl/N-ethyl adjacent to an activating group) is 2. The number of aryl methyl sites for hydroxylation is 1. The van der Waals surface area contributed by atoms with Crippen LogP contribution in [0.1, 0.15) is 159 Å². The van der Waals surface area contributed by atoms with Crippen molar-refractivity contribution in [3.63, 3.8) is 0 Å². The van der Waals surface area contributed by atoms with Crippen LogP contribution in [0.3, 0.4) is 0 Å². The van der Waals surface area contributed by atoms with Gasteiger partial charge in [-0.3, -0.25) is 57.7 Å². The molecule has 522 valence electrons. The number of carboxylic acids is 1. The quantitative estimate of drug-likeness (QED) is 0.00754. The molecule has 11 amide bonds. The van der Waals surface area contributed by atoms with Crippen molar-refractivity contribution in [1.29, 1.82) is 0 Å². The number of unbranched alkanes of at least 4 members (excludes halogenated alkanes) is 2. The SMILES string of the molecule is C.CC(=O)Nc1ccc(COC(=O)N(C)[C@H](C(=O)N[C@H](C(=O)N(C)[C@H](/C=C(\C)C(=O)N[C@H](CCC(=O)O)OC=O)C(C)C)C(C)(C)C)C(C)(C)c2cn(C)c3ccccc23)cc1.CC(C)[C@H](NC(=O)CCCCCN1C(=O)CC(S)C1=O)C(=O)N[C@H](C)CCCNC(N)=O. The van der Waals surface area contributed by atoms with Crippen LogP contribution in [0.4, 0.5) is 15.3 Å². The van der Waals surface area contributed by atoms with E-state index in [0.29, 0.717) is 56.4 Å². The number of amides is 11. The third-order valence-corrected chi connectivity index (χ3v) is 16.3. The number of hydrogen-bond acceptors (Lipinski definition) is 15. The van der Waals surface area contributed by atoms with E-state index in [1.807, 2.05) is 111 Å². The number of rotatable bonds is 33. The highest BCUT2D eigenvalue weighted by atomic mass is 32.1. The van der Waals surface area contributed by atoms with Crippen LogP contribution >= 0.6 is 12.6 Å². The van der Waals surface area contributed by atoms with Gasteiger partial charge in [-0.15, -0.1) is 0 Å². The predicted molar refractivity (Wildman–Crippen MR) is 361 cm³/mol. The second kappa shape index (κ2) is 38.0. The summed E-state index contributed by atoms with van der Waals surface area (Å²) in [6, 6.07) is 10.2. The maximum Gasteiger partial charge on any atom is 0.410 e. The van der Waals surface area contributed by atoms with Gasteiger partial charge < -0.3 is 61.7 Å². The maximum absolute atomic E-state index is 14.9. The Morgan fingerprint density at radius 3 is 2.00 bits per heavy atom. The van der Waals surface area contributed by atoms with Crippen LogP contribution in [0, 0.1) is 17.3 Å². The van der Waals surface area contributed by atoms with Crippen molar-refractivity contribution in [2.45, 2.75) is 202 Å². The second-order valence-corrected chi connectivity index (χ2v) is 26.5. The van der Waals surface area contributed by atoms with E-state index < -0.39 is 82.3 Å². The van der Waals surface area contributed by atoms with Crippen LogP contribution in [0.2, 0.25) is 0 Å². The number of ether oxygens (including phenoxy) is 2. The molecule has 94 heavy (non-hydrogen) atoms. The average molecular weight is 1330 g/mol. The third kappa shape index (κ3) is 25.1. The van der Waals surface area contributed by atoms with Gasteiger partial charge in [-0.1, -0.05) is 113 Å². The predicted octanol–water partition coefficient (Wildman–Crippen LogP) is 6.83. The van der Waals surface area contributed by atoms with Gasteiger partial charge in [-0.05, 0) is 86.1 Å². The number of likely N-dealkylation sites (tertiary alicyclic amines) is 1. The van der Waals surface area contributed by atoms with Crippen LogP contribution in [0.5, 0.6) is 0 Å². The molecule has 1 aliphatic heterocycles. The fraction of sp³-hybridized carbons (Fsp3) is 0.582. The van der Waals surface area contributed by atoms with Gasteiger partial charge in [-0.25, -0.2) is 9.59 Å². The van der Waals surface area contributed by atoms with Gasteiger partial charge in [-0.2, -0.15) is 12.6 Å². The minimum Gasteiger partial charge on any atom is -0.481 e. The zero-order valence-corrected chi connectivity index (χ0v) is 57.4. The summed E-state index contributed by atoms with van der Waals surface area (Å²) in [5, 5.41) is 25.8. The molecule has 1 unspecified atom stereocenters. The van der Waals surface area contributed by atoms with E-state index >= 15 is 0 Å². The summed E-state index contributed by atoms with van der Waals surface area (Å²) in [7, 11) is 4.96. The van der Waals surface area contributed by atoms with E-state index in [9.17, 15) is 57.5 Å². The van der Waals surface area contributed by atoms with E-state index in [-0.39, 0.29) is 99.2 Å². The molecule has 26 nitrogen and oxygen atoms in total. The molecule has 1 aromatic heterocycles. The zero-order chi connectivity index (χ0) is 70.2. The number of carbonyl (C=O) groups is 12. The Balaban J connectivity index is 0.000000768. The Morgan fingerprint density at radius 1 is 0.809 bits per heavy atom. The number of carboxylic acid groups (broad SMARTS) is 1. The molecule has 2 aromatic carbocycles. The number of primary amides is 1. The summed E-state index contributed by atoms with van der Waals surface area (Å²) in [4.78, 5) is 153. The lowest BCUT2D eigenvalue weighted by Crippen LogP contribution is -2.63. The van der Waals surface area contributed by atoms with E-state index in [1.54, 1.807) is 37.4 Å². The molecule has 27 heteroatoms. The van der Waals surface area contributed by atoms with Crippen molar-refractivity contribution >= 4 is 101 Å². The zero-order valence-electron chi connectivity index (χ0n) is 56.5. The summed E-state index contributed by atoms with van der Waals surface area (Å²) in [6.45, 7) is 22.2. The molecule has 7 atom stereocenters. The molecule has 0 saturated carbocycles. The maximum atomic E-state index is 14.9. The van der Waals surface area contributed by atoms with Gasteiger partial charge >= 0.3 is 18.1 Å². The number of benzene rings is 2. The molecule has 0 bridgehead atoms. The van der Waals surface area contributed by atoms with Crippen molar-refractivity contribution in [3.8, 4) is 0 Å². The van der Waals surface area contributed by atoms with Crippen LogP contribution in [0.15, 0.2) is 66.4 Å². The van der Waals surface area contributed by atoms with Gasteiger partial charge in [0.05, 0.1) is 17.7 Å². The number of nitrogens with zero attached hydrogens (tertiary/aromatic N) is 4. The summed E-state index contributed by atoms with van der Waals surface area (Å²) >= 11 is 4.09. The number of aromatic nitrogens is 1. The highest BCUT2D eigenvalue weighted by Gasteiger charge is 2.47. The smallest absolute Gasteiger partial charge is 0.410 e. The van der Waals surface area contributed by atoms with E-state index in [1.165, 1.54) is 35.6 Å². The molecule has 2 heterocycles. The van der Waals surface area contributed by atoms with E-state index in [0.717, 1.165) is 16.5 Å². The van der Waals surface area contributed by atoms with Crippen molar-refractivity contribution < 1.29 is 72.1 Å². The van der Waals surface area contributed by atoms with Gasteiger partial charge in [0.25, 0.3) is 6.47 Å². The fourth-order valence-corrected chi connectivity index (χ4v) is 11.0.